The van der Waals surface area contributed by atoms with Crippen molar-refractivity contribution in [1.29, 1.82) is 0 Å². The Bertz CT molecular complexity index is 425. The molecule has 1 aromatic carbocycles. The Hall–Kier alpha value is -1.58. The molecule has 0 unspecified atom stereocenters. The third-order valence-corrected chi connectivity index (χ3v) is 2.61. The monoisotopic (exact) mass is 226 g/mol. The standard InChI is InChI=1S/C12H15FO3/c1-7-4-9(13)8(5-10(7)14)12(2,3)6-11(15)16/h4-5,14H,6H2,1-3H3,(H,15,16). The fraction of sp³-hybridized carbons (Fsp3) is 0.417. The van der Waals surface area contributed by atoms with Crippen molar-refractivity contribution in [1.82, 2.24) is 0 Å². The number of phenols is 1. The molecule has 0 spiro atoms. The normalized spacial score (nSPS) is 11.5. The maximum Gasteiger partial charge on any atom is 0.304 e. The number of halogens is 1. The highest BCUT2D eigenvalue weighted by Gasteiger charge is 2.28. The number of aromatic hydroxyl groups is 1. The lowest BCUT2D eigenvalue weighted by Crippen LogP contribution is -2.23. The van der Waals surface area contributed by atoms with Crippen molar-refractivity contribution in [2.24, 2.45) is 0 Å². The lowest BCUT2D eigenvalue weighted by molar-refractivity contribution is -0.138. The van der Waals surface area contributed by atoms with E-state index >= 15 is 0 Å². The van der Waals surface area contributed by atoms with E-state index in [2.05, 4.69) is 0 Å². The smallest absolute Gasteiger partial charge is 0.304 e. The number of carbonyl (C=O) groups is 1. The Morgan fingerprint density at radius 2 is 2.00 bits per heavy atom. The molecule has 0 radical (unpaired) electrons. The van der Waals surface area contributed by atoms with Crippen LogP contribution < -0.4 is 0 Å². The van der Waals surface area contributed by atoms with Gasteiger partial charge in [-0.2, -0.15) is 0 Å². The molecule has 0 saturated carbocycles. The van der Waals surface area contributed by atoms with Crippen molar-refractivity contribution in [2.45, 2.75) is 32.6 Å². The second kappa shape index (κ2) is 4.12. The highest BCUT2D eigenvalue weighted by Crippen LogP contribution is 2.33. The summed E-state index contributed by atoms with van der Waals surface area (Å²) in [7, 11) is 0. The number of hydrogen-bond donors (Lipinski definition) is 2. The molecule has 1 rings (SSSR count). The average molecular weight is 226 g/mol. The van der Waals surface area contributed by atoms with Crippen LogP contribution >= 0.6 is 0 Å². The number of rotatable bonds is 3. The van der Waals surface area contributed by atoms with Crippen molar-refractivity contribution in [3.8, 4) is 5.75 Å². The van der Waals surface area contributed by atoms with Crippen LogP contribution in [0.3, 0.4) is 0 Å². The van der Waals surface area contributed by atoms with Gasteiger partial charge in [0.15, 0.2) is 0 Å². The molecule has 88 valence electrons. The summed E-state index contributed by atoms with van der Waals surface area (Å²) in [6.45, 7) is 4.86. The first-order valence-corrected chi connectivity index (χ1v) is 4.95. The van der Waals surface area contributed by atoms with E-state index in [9.17, 15) is 14.3 Å². The summed E-state index contributed by atoms with van der Waals surface area (Å²) in [6.07, 6.45) is -0.188. The van der Waals surface area contributed by atoms with Gasteiger partial charge in [-0.15, -0.1) is 0 Å². The molecular formula is C12H15FO3. The van der Waals surface area contributed by atoms with Gasteiger partial charge in [0.1, 0.15) is 11.6 Å². The Morgan fingerprint density at radius 3 is 2.50 bits per heavy atom. The minimum Gasteiger partial charge on any atom is -0.508 e. The molecule has 0 aliphatic rings. The van der Waals surface area contributed by atoms with Crippen LogP contribution in [0.2, 0.25) is 0 Å². The number of aryl methyl sites for hydroxylation is 1. The predicted octanol–water partition coefficient (Wildman–Crippen LogP) is 2.59. The van der Waals surface area contributed by atoms with Crippen LogP contribution in [0.15, 0.2) is 12.1 Å². The van der Waals surface area contributed by atoms with Gasteiger partial charge in [-0.1, -0.05) is 13.8 Å². The SMILES string of the molecule is Cc1cc(F)c(C(C)(C)CC(=O)O)cc1O. The maximum atomic E-state index is 13.7. The molecule has 2 N–H and O–H groups in total. The predicted molar refractivity (Wildman–Crippen MR) is 58.1 cm³/mol. The fourth-order valence-corrected chi connectivity index (χ4v) is 1.65. The lowest BCUT2D eigenvalue weighted by atomic mass is 9.81. The molecule has 0 heterocycles. The van der Waals surface area contributed by atoms with Gasteiger partial charge in [0.05, 0.1) is 6.42 Å². The molecule has 0 bridgehead atoms. The number of benzene rings is 1. The minimum atomic E-state index is -0.996. The van der Waals surface area contributed by atoms with Gasteiger partial charge in [-0.25, -0.2) is 4.39 Å². The zero-order valence-electron chi connectivity index (χ0n) is 9.54. The molecular weight excluding hydrogens is 211 g/mol. The number of hydrogen-bond acceptors (Lipinski definition) is 2. The van der Waals surface area contributed by atoms with Gasteiger partial charge in [0.2, 0.25) is 0 Å². The third-order valence-electron chi connectivity index (χ3n) is 2.61. The van der Waals surface area contributed by atoms with E-state index in [1.165, 1.54) is 12.1 Å². The summed E-state index contributed by atoms with van der Waals surface area (Å²) in [4.78, 5) is 10.7. The van der Waals surface area contributed by atoms with Crippen LogP contribution in [0.5, 0.6) is 5.75 Å². The zero-order valence-corrected chi connectivity index (χ0v) is 9.54. The van der Waals surface area contributed by atoms with Crippen LogP contribution in [0.4, 0.5) is 4.39 Å². The number of aliphatic carboxylic acids is 1. The van der Waals surface area contributed by atoms with Crippen molar-refractivity contribution < 1.29 is 19.4 Å². The minimum absolute atomic E-state index is 0.0186. The van der Waals surface area contributed by atoms with E-state index < -0.39 is 17.2 Å². The van der Waals surface area contributed by atoms with Crippen molar-refractivity contribution >= 4 is 5.97 Å². The molecule has 0 atom stereocenters. The Morgan fingerprint density at radius 1 is 1.44 bits per heavy atom. The lowest BCUT2D eigenvalue weighted by Gasteiger charge is -2.24. The van der Waals surface area contributed by atoms with Crippen molar-refractivity contribution in [3.63, 3.8) is 0 Å². The highest BCUT2D eigenvalue weighted by atomic mass is 19.1. The van der Waals surface area contributed by atoms with Crippen molar-refractivity contribution in [3.05, 3.63) is 29.1 Å². The first-order chi connectivity index (χ1) is 7.24. The van der Waals surface area contributed by atoms with Crippen molar-refractivity contribution in [2.75, 3.05) is 0 Å². The summed E-state index contributed by atoms with van der Waals surface area (Å²) in [5, 5.41) is 18.2. The fourth-order valence-electron chi connectivity index (χ4n) is 1.65. The van der Waals surface area contributed by atoms with Gasteiger partial charge in [-0.3, -0.25) is 4.79 Å². The summed E-state index contributed by atoms with van der Waals surface area (Å²) in [6, 6.07) is 2.52. The first-order valence-electron chi connectivity index (χ1n) is 4.95. The molecule has 0 aromatic heterocycles. The van der Waals surface area contributed by atoms with E-state index in [0.29, 0.717) is 5.56 Å². The van der Waals surface area contributed by atoms with E-state index in [1.807, 2.05) is 0 Å². The van der Waals surface area contributed by atoms with E-state index in [1.54, 1.807) is 20.8 Å². The Kier molecular flexibility index (Phi) is 3.21. The summed E-state index contributed by atoms with van der Waals surface area (Å²) >= 11 is 0. The van der Waals surface area contributed by atoms with Gasteiger partial charge >= 0.3 is 5.97 Å². The van der Waals surface area contributed by atoms with Crippen LogP contribution in [-0.4, -0.2) is 16.2 Å². The quantitative estimate of drug-likeness (QED) is 0.832. The second-order valence-electron chi connectivity index (χ2n) is 4.57. The van der Waals surface area contributed by atoms with E-state index in [-0.39, 0.29) is 17.7 Å². The topological polar surface area (TPSA) is 57.5 Å². The molecule has 3 nitrogen and oxygen atoms in total. The maximum absolute atomic E-state index is 13.7. The molecule has 0 aliphatic carbocycles. The highest BCUT2D eigenvalue weighted by molar-refractivity contribution is 5.69. The van der Waals surface area contributed by atoms with Gasteiger partial charge in [0.25, 0.3) is 0 Å². The molecule has 4 heteroatoms. The Labute approximate surface area is 93.5 Å². The van der Waals surface area contributed by atoms with Gasteiger partial charge in [-0.05, 0) is 30.2 Å². The molecule has 0 amide bonds. The summed E-state index contributed by atoms with van der Waals surface area (Å²) < 4.78 is 13.7. The zero-order chi connectivity index (χ0) is 12.5. The second-order valence-corrected chi connectivity index (χ2v) is 4.57. The third kappa shape index (κ3) is 2.51. The van der Waals surface area contributed by atoms with Gasteiger partial charge in [0, 0.05) is 5.41 Å². The number of carboxylic acid groups (broad SMARTS) is 1. The van der Waals surface area contributed by atoms with Gasteiger partial charge < -0.3 is 10.2 Å². The van der Waals surface area contributed by atoms with Crippen LogP contribution in [-0.2, 0) is 10.2 Å². The summed E-state index contributed by atoms with van der Waals surface area (Å²) in [5.74, 6) is -1.50. The van der Waals surface area contributed by atoms with E-state index in [0.717, 1.165) is 0 Å². The van der Waals surface area contributed by atoms with E-state index in [4.69, 9.17) is 5.11 Å². The first kappa shape index (κ1) is 12.5. The van der Waals surface area contributed by atoms with Crippen LogP contribution in [0.1, 0.15) is 31.4 Å². The Balaban J connectivity index is 3.22. The van der Waals surface area contributed by atoms with Crippen LogP contribution in [0, 0.1) is 12.7 Å². The number of phenolic OH excluding ortho intramolecular Hbond substituents is 1. The number of carboxylic acids is 1. The molecule has 0 fully saturated rings. The molecule has 1 aromatic rings. The molecule has 0 saturated heterocycles. The average Bonchev–Trinajstić information content (AvgIpc) is 2.08. The summed E-state index contributed by atoms with van der Waals surface area (Å²) in [5.41, 5.74) is -0.188. The molecule has 0 aliphatic heterocycles. The molecule has 16 heavy (non-hydrogen) atoms. The van der Waals surface area contributed by atoms with Crippen LogP contribution in [0.25, 0.3) is 0 Å². The largest absolute Gasteiger partial charge is 0.508 e.